The zero-order chi connectivity index (χ0) is 38.0. The Morgan fingerprint density at radius 2 is 0.760 bits per heavy atom. The van der Waals surface area contributed by atoms with Gasteiger partial charge in [0.15, 0.2) is 75.4 Å². The largest absolute Gasteiger partial charge is 0.462 e. The van der Waals surface area contributed by atoms with Crippen LogP contribution in [0.1, 0.15) is 49.9 Å². The summed E-state index contributed by atoms with van der Waals surface area (Å²) in [6.45, 7) is 5.92. The van der Waals surface area contributed by atoms with Crippen molar-refractivity contribution in [3.8, 4) is 0 Å². The zero-order valence-corrected chi connectivity index (χ0v) is 28.1. The Bertz CT molecular complexity index is 1710. The van der Waals surface area contributed by atoms with Gasteiger partial charge in [0, 0.05) is 17.0 Å². The molecule has 16 heteroatoms. The fourth-order valence-electron chi connectivity index (χ4n) is 5.17. The van der Waals surface area contributed by atoms with Crippen molar-refractivity contribution >= 4 is 28.4 Å². The second-order valence-corrected chi connectivity index (χ2v) is 12.8. The van der Waals surface area contributed by atoms with Crippen molar-refractivity contribution in [3.05, 3.63) is 141 Å². The lowest BCUT2D eigenvalue weighted by atomic mass is 9.77. The van der Waals surface area contributed by atoms with Gasteiger partial charge in [-0.25, -0.2) is 52.7 Å². The third-order valence-electron chi connectivity index (χ3n) is 7.73. The lowest BCUT2D eigenvalue weighted by Gasteiger charge is -2.39. The van der Waals surface area contributed by atoms with Crippen LogP contribution in [0.5, 0.6) is 0 Å². The van der Waals surface area contributed by atoms with E-state index in [0.717, 1.165) is 11.8 Å². The summed E-state index contributed by atoms with van der Waals surface area (Å²) >= 11 is 5.99. The van der Waals surface area contributed by atoms with Gasteiger partial charge in [0.05, 0.1) is 0 Å². The number of ether oxygens (including phenoxy) is 1. The molecule has 0 atom stereocenters. The molecule has 0 heterocycles. The maximum atomic E-state index is 13.9. The molecule has 4 rings (SSSR count). The fraction of sp³-hybridized carbons (Fsp3) is 0.265. The summed E-state index contributed by atoms with van der Waals surface area (Å²) in [7, 11) is 0. The molecular weight excluding hydrogens is 732 g/mol. The number of hydrogen-bond acceptors (Lipinski definition) is 4. The van der Waals surface area contributed by atoms with Crippen LogP contribution < -0.4 is 0 Å². The number of halogens is 12. The van der Waals surface area contributed by atoms with E-state index in [1.165, 1.54) is 13.8 Å². The summed E-state index contributed by atoms with van der Waals surface area (Å²) in [6.07, 6.45) is 1.56. The van der Waals surface area contributed by atoms with Crippen LogP contribution in [-0.2, 0) is 15.9 Å². The average molecular weight is 759 g/mol. The van der Waals surface area contributed by atoms with Crippen LogP contribution in [0.15, 0.2) is 48.5 Å². The van der Waals surface area contributed by atoms with E-state index in [1.807, 2.05) is 0 Å². The van der Waals surface area contributed by atoms with E-state index >= 15 is 0 Å². The molecule has 0 aliphatic rings. The molecule has 0 fully saturated rings. The van der Waals surface area contributed by atoms with E-state index in [4.69, 9.17) is 17.0 Å². The molecule has 4 aromatic carbocycles. The molecule has 50 heavy (non-hydrogen) atoms. The van der Waals surface area contributed by atoms with Crippen molar-refractivity contribution in [2.45, 2.75) is 38.9 Å². The van der Waals surface area contributed by atoms with Crippen LogP contribution in [0, 0.1) is 81.6 Å². The number of rotatable bonds is 7. The number of thioether (sulfide) groups is 1. The van der Waals surface area contributed by atoms with Gasteiger partial charge in [-0.15, -0.1) is 0 Å². The SMILES string of the molecule is CC(C)C(O)(c1cc(F)c(F)c(F)c1)c1cc(F)c(F)c(F)c1.CSC(=S)OC(c1cc(F)c(F)c(F)c1)(c1cc(F)c(F)c(F)c1)C(C)C. The summed E-state index contributed by atoms with van der Waals surface area (Å²) in [5.74, 6) is -20.8. The van der Waals surface area contributed by atoms with Gasteiger partial charge < -0.3 is 9.84 Å². The van der Waals surface area contributed by atoms with Crippen LogP contribution >= 0.6 is 24.0 Å². The molecule has 1 N–H and O–H groups in total. The summed E-state index contributed by atoms with van der Waals surface area (Å²) in [6, 6.07) is 4.71. The third kappa shape index (κ3) is 7.76. The molecule has 0 radical (unpaired) electrons. The van der Waals surface area contributed by atoms with Crippen LogP contribution in [0.3, 0.4) is 0 Å². The highest BCUT2D eigenvalue weighted by Crippen LogP contribution is 2.44. The second kappa shape index (κ2) is 15.6. The normalized spacial score (nSPS) is 11.9. The Morgan fingerprint density at radius 3 is 0.960 bits per heavy atom. The monoisotopic (exact) mass is 758 g/mol. The average Bonchev–Trinajstić information content (AvgIpc) is 3.04. The van der Waals surface area contributed by atoms with Crippen molar-refractivity contribution in [2.75, 3.05) is 6.26 Å². The first kappa shape index (κ1) is 40.7. The van der Waals surface area contributed by atoms with Gasteiger partial charge in [0.2, 0.25) is 4.38 Å². The maximum absolute atomic E-state index is 13.9. The molecule has 4 aromatic rings. The van der Waals surface area contributed by atoms with E-state index in [0.29, 0.717) is 48.5 Å². The molecule has 0 unspecified atom stereocenters. The van der Waals surface area contributed by atoms with E-state index in [9.17, 15) is 57.8 Å². The number of thiocarbonyl (C=S) groups is 1. The van der Waals surface area contributed by atoms with Crippen LogP contribution in [-0.4, -0.2) is 15.7 Å². The molecule has 0 aromatic heterocycles. The van der Waals surface area contributed by atoms with Crippen LogP contribution in [0.25, 0.3) is 0 Å². The molecule has 0 bridgehead atoms. The Labute approximate surface area is 288 Å². The van der Waals surface area contributed by atoms with Crippen LogP contribution in [0.4, 0.5) is 52.7 Å². The molecule has 0 saturated heterocycles. The van der Waals surface area contributed by atoms with Gasteiger partial charge in [-0.2, -0.15) is 0 Å². The Balaban J connectivity index is 0.000000274. The van der Waals surface area contributed by atoms with Crippen LogP contribution in [0.2, 0.25) is 0 Å². The minimum atomic E-state index is -2.26. The molecule has 0 aliphatic heterocycles. The van der Waals surface area contributed by atoms with Gasteiger partial charge in [0.1, 0.15) is 5.60 Å². The highest BCUT2D eigenvalue weighted by molar-refractivity contribution is 8.22. The fourth-order valence-corrected chi connectivity index (χ4v) is 5.51. The highest BCUT2D eigenvalue weighted by atomic mass is 32.2. The number of hydrogen-bond donors (Lipinski definition) is 1. The first-order valence-corrected chi connectivity index (χ1v) is 15.9. The Kier molecular flexibility index (Phi) is 12.7. The molecule has 0 spiro atoms. The first-order valence-electron chi connectivity index (χ1n) is 14.2. The predicted octanol–water partition coefficient (Wildman–Crippen LogP) is 10.5. The topological polar surface area (TPSA) is 29.5 Å². The van der Waals surface area contributed by atoms with Crippen molar-refractivity contribution < 1.29 is 62.5 Å². The summed E-state index contributed by atoms with van der Waals surface area (Å²) in [5.41, 5.74) is -5.59. The van der Waals surface area contributed by atoms with E-state index in [2.05, 4.69) is 0 Å². The van der Waals surface area contributed by atoms with Crippen molar-refractivity contribution in [2.24, 2.45) is 11.8 Å². The molecule has 0 saturated carbocycles. The summed E-state index contributed by atoms with van der Waals surface area (Å²) in [5, 5.41) is 10.8. The van der Waals surface area contributed by atoms with Gasteiger partial charge in [-0.05, 0) is 84.0 Å². The molecule has 270 valence electrons. The van der Waals surface area contributed by atoms with Crippen molar-refractivity contribution in [3.63, 3.8) is 0 Å². The molecule has 0 amide bonds. The number of benzene rings is 4. The molecular formula is C34H26F12O2S2. The second-order valence-electron chi connectivity index (χ2n) is 11.4. The first-order chi connectivity index (χ1) is 23.1. The minimum Gasteiger partial charge on any atom is -0.462 e. The number of aliphatic hydroxyl groups is 1. The summed E-state index contributed by atoms with van der Waals surface area (Å²) < 4.78 is 168. The smallest absolute Gasteiger partial charge is 0.220 e. The van der Waals surface area contributed by atoms with Crippen molar-refractivity contribution in [1.82, 2.24) is 0 Å². The standard InChI is InChI=1S/C18H14F6OS2.C16H12F6O/c1-8(2)18(25-17(26)27-3,9-4-11(19)15(23)12(20)5-9)10-6-13(21)16(24)14(22)7-10;1-7(2)16(23,8-3-10(17)14(21)11(18)4-8)9-5-12(19)15(22)13(20)6-9/h4-8H,1-3H3;3-7,23H,1-2H3. The highest BCUT2D eigenvalue weighted by Gasteiger charge is 2.43. The summed E-state index contributed by atoms with van der Waals surface area (Å²) in [4.78, 5) is 0. The van der Waals surface area contributed by atoms with E-state index in [-0.39, 0.29) is 15.5 Å². The van der Waals surface area contributed by atoms with Gasteiger partial charge in [-0.1, -0.05) is 39.5 Å². The van der Waals surface area contributed by atoms with E-state index < -0.39 is 104 Å². The van der Waals surface area contributed by atoms with Gasteiger partial charge in [0.25, 0.3) is 0 Å². The van der Waals surface area contributed by atoms with Gasteiger partial charge in [-0.3, -0.25) is 0 Å². The molecule has 0 aliphatic carbocycles. The lowest BCUT2D eigenvalue weighted by Crippen LogP contribution is -2.39. The third-order valence-corrected chi connectivity index (χ3v) is 8.73. The quantitative estimate of drug-likeness (QED) is 0.116. The lowest BCUT2D eigenvalue weighted by molar-refractivity contribution is 0.0302. The van der Waals surface area contributed by atoms with Crippen molar-refractivity contribution in [1.29, 1.82) is 0 Å². The van der Waals surface area contributed by atoms with E-state index in [1.54, 1.807) is 20.1 Å². The Hall–Kier alpha value is -3.76. The Morgan fingerprint density at radius 1 is 0.520 bits per heavy atom. The predicted molar refractivity (Wildman–Crippen MR) is 166 cm³/mol. The van der Waals surface area contributed by atoms with Gasteiger partial charge >= 0.3 is 0 Å². The maximum Gasteiger partial charge on any atom is 0.220 e. The molecule has 2 nitrogen and oxygen atoms in total. The zero-order valence-electron chi connectivity index (χ0n) is 26.5. The minimum absolute atomic E-state index is 0.0982.